The van der Waals surface area contributed by atoms with Gasteiger partial charge >= 0.3 is 5.76 Å². The molecule has 1 amide bonds. The van der Waals surface area contributed by atoms with Crippen molar-refractivity contribution in [3.05, 3.63) is 16.4 Å². The van der Waals surface area contributed by atoms with E-state index in [1.807, 2.05) is 0 Å². The van der Waals surface area contributed by atoms with Gasteiger partial charge in [-0.3, -0.25) is 14.3 Å². The van der Waals surface area contributed by atoms with Crippen LogP contribution < -0.4 is 5.76 Å². The molecule has 0 radical (unpaired) electrons. The van der Waals surface area contributed by atoms with E-state index in [0.717, 1.165) is 0 Å². The van der Waals surface area contributed by atoms with Crippen LogP contribution in [0.15, 0.2) is 9.32 Å². The highest BCUT2D eigenvalue weighted by molar-refractivity contribution is 6.27. The van der Waals surface area contributed by atoms with E-state index in [0.29, 0.717) is 5.82 Å². The van der Waals surface area contributed by atoms with Crippen LogP contribution in [0, 0.1) is 0 Å². The number of H-pyrrole nitrogens is 1. The minimum Gasteiger partial charge on any atom is -0.337 e. The predicted octanol–water partition coefficient (Wildman–Crippen LogP) is -0.440. The number of nitrogens with one attached hydrogen (secondary N) is 1. The van der Waals surface area contributed by atoms with Gasteiger partial charge in [-0.15, -0.1) is 11.6 Å². The van der Waals surface area contributed by atoms with Crippen molar-refractivity contribution >= 4 is 17.5 Å². The van der Waals surface area contributed by atoms with Crippen molar-refractivity contribution in [3.8, 4) is 0 Å². The molecule has 0 atom stereocenters. The Balaban J connectivity index is 2.59. The number of aromatic nitrogens is 2. The first kappa shape index (κ1) is 9.79. The summed E-state index contributed by atoms with van der Waals surface area (Å²) in [5.74, 6) is -0.684. The number of carbonyl (C=O) groups is 1. The summed E-state index contributed by atoms with van der Waals surface area (Å²) in [5, 5.41) is 3.39. The zero-order valence-electron chi connectivity index (χ0n) is 6.91. The van der Waals surface area contributed by atoms with Crippen molar-refractivity contribution in [3.63, 3.8) is 0 Å². The Morgan fingerprint density at radius 3 is 2.92 bits per heavy atom. The molecule has 1 aromatic rings. The van der Waals surface area contributed by atoms with Crippen molar-refractivity contribution < 1.29 is 9.32 Å². The number of nitrogens with zero attached hydrogens (tertiary/aromatic N) is 2. The minimum atomic E-state index is -0.637. The van der Waals surface area contributed by atoms with Crippen molar-refractivity contribution in [2.24, 2.45) is 0 Å². The number of hydrogen-bond donors (Lipinski definition) is 1. The quantitative estimate of drug-likeness (QED) is 0.679. The predicted molar refractivity (Wildman–Crippen MR) is 44.3 cm³/mol. The van der Waals surface area contributed by atoms with E-state index in [-0.39, 0.29) is 18.3 Å². The largest absolute Gasteiger partial charge is 0.438 e. The van der Waals surface area contributed by atoms with Crippen molar-refractivity contribution in [2.75, 3.05) is 12.9 Å². The van der Waals surface area contributed by atoms with E-state index >= 15 is 0 Å². The molecule has 0 unspecified atom stereocenters. The molecule has 0 aromatic carbocycles. The third kappa shape index (κ3) is 2.59. The molecule has 0 saturated carbocycles. The van der Waals surface area contributed by atoms with E-state index < -0.39 is 5.76 Å². The van der Waals surface area contributed by atoms with Crippen LogP contribution in [0.25, 0.3) is 0 Å². The summed E-state index contributed by atoms with van der Waals surface area (Å²) in [6, 6.07) is 0. The van der Waals surface area contributed by atoms with Gasteiger partial charge in [0, 0.05) is 7.05 Å². The van der Waals surface area contributed by atoms with Gasteiger partial charge in [0.1, 0.15) is 5.88 Å². The Kier molecular flexibility index (Phi) is 3.07. The Bertz CT molecular complexity index is 345. The molecule has 1 aromatic heterocycles. The summed E-state index contributed by atoms with van der Waals surface area (Å²) in [7, 11) is 1.55. The first-order valence-corrected chi connectivity index (χ1v) is 4.01. The summed E-state index contributed by atoms with van der Waals surface area (Å²) >= 11 is 5.31. The zero-order chi connectivity index (χ0) is 9.84. The molecule has 1 rings (SSSR count). The third-order valence-electron chi connectivity index (χ3n) is 1.41. The van der Waals surface area contributed by atoms with E-state index in [9.17, 15) is 9.59 Å². The average Bonchev–Trinajstić information content (AvgIpc) is 2.49. The van der Waals surface area contributed by atoms with E-state index in [1.54, 1.807) is 7.05 Å². The van der Waals surface area contributed by atoms with Crippen LogP contribution in [-0.2, 0) is 11.3 Å². The second kappa shape index (κ2) is 4.08. The number of alkyl halides is 1. The SMILES string of the molecule is CN(Cc1noc(=O)[nH]1)C(=O)CCl. The molecule has 0 spiro atoms. The van der Waals surface area contributed by atoms with Crippen LogP contribution in [0.5, 0.6) is 0 Å². The molecule has 0 aliphatic rings. The molecule has 0 saturated heterocycles. The summed E-state index contributed by atoms with van der Waals surface area (Å²) in [6.45, 7) is 0.178. The Hall–Kier alpha value is -1.30. The van der Waals surface area contributed by atoms with Crippen LogP contribution >= 0.6 is 11.6 Å². The highest BCUT2D eigenvalue weighted by Gasteiger charge is 2.09. The number of halogens is 1. The van der Waals surface area contributed by atoms with Gasteiger partial charge in [-0.05, 0) is 0 Å². The van der Waals surface area contributed by atoms with Crippen molar-refractivity contribution in [2.45, 2.75) is 6.54 Å². The molecular formula is C6H8ClN3O3. The van der Waals surface area contributed by atoms with Gasteiger partial charge in [-0.2, -0.15) is 0 Å². The van der Waals surface area contributed by atoms with Gasteiger partial charge in [0.25, 0.3) is 0 Å². The second-order valence-corrected chi connectivity index (χ2v) is 2.69. The van der Waals surface area contributed by atoms with Crippen LogP contribution in [-0.4, -0.2) is 33.9 Å². The molecule has 6 nitrogen and oxygen atoms in total. The molecule has 0 fully saturated rings. The fourth-order valence-corrected chi connectivity index (χ4v) is 0.947. The fraction of sp³-hybridized carbons (Fsp3) is 0.500. The normalized spacial score (nSPS) is 10.0. The maximum Gasteiger partial charge on any atom is 0.438 e. The topological polar surface area (TPSA) is 79.2 Å². The molecule has 0 aliphatic carbocycles. The first-order chi connectivity index (χ1) is 6.13. The smallest absolute Gasteiger partial charge is 0.337 e. The molecule has 1 heterocycles. The number of amides is 1. The number of rotatable bonds is 3. The van der Waals surface area contributed by atoms with Gasteiger partial charge < -0.3 is 4.90 Å². The van der Waals surface area contributed by atoms with Gasteiger partial charge in [-0.25, -0.2) is 4.79 Å². The van der Waals surface area contributed by atoms with Gasteiger partial charge in [-0.1, -0.05) is 5.16 Å². The number of hydrogen-bond acceptors (Lipinski definition) is 4. The molecule has 7 heteroatoms. The van der Waals surface area contributed by atoms with Gasteiger partial charge in [0.2, 0.25) is 5.91 Å². The molecule has 1 N–H and O–H groups in total. The number of carbonyl (C=O) groups excluding carboxylic acids is 1. The van der Waals surface area contributed by atoms with Crippen LogP contribution in [0.4, 0.5) is 0 Å². The molecule has 13 heavy (non-hydrogen) atoms. The average molecular weight is 206 g/mol. The lowest BCUT2D eigenvalue weighted by atomic mass is 10.5. The Labute approximate surface area is 78.5 Å². The standard InChI is InChI=1S/C6H8ClN3O3/c1-10(5(11)2-7)3-4-8-6(12)13-9-4/h2-3H2,1H3,(H,8,9,12). The Morgan fingerprint density at radius 1 is 1.77 bits per heavy atom. The Morgan fingerprint density at radius 2 is 2.46 bits per heavy atom. The van der Waals surface area contributed by atoms with Crippen LogP contribution in [0.3, 0.4) is 0 Å². The van der Waals surface area contributed by atoms with E-state index in [4.69, 9.17) is 11.6 Å². The maximum atomic E-state index is 11.0. The highest BCUT2D eigenvalue weighted by atomic mass is 35.5. The second-order valence-electron chi connectivity index (χ2n) is 2.43. The van der Waals surface area contributed by atoms with Crippen LogP contribution in [0.1, 0.15) is 5.82 Å². The summed E-state index contributed by atoms with van der Waals surface area (Å²) in [4.78, 5) is 25.1. The summed E-state index contributed by atoms with van der Waals surface area (Å²) < 4.78 is 4.25. The fourth-order valence-electron chi connectivity index (χ4n) is 0.743. The van der Waals surface area contributed by atoms with Crippen molar-refractivity contribution in [1.82, 2.24) is 15.0 Å². The highest BCUT2D eigenvalue weighted by Crippen LogP contribution is 1.95. The summed E-state index contributed by atoms with van der Waals surface area (Å²) in [5.41, 5.74) is 0. The lowest BCUT2D eigenvalue weighted by Crippen LogP contribution is -2.27. The summed E-state index contributed by atoms with van der Waals surface area (Å²) in [6.07, 6.45) is 0. The maximum absolute atomic E-state index is 11.0. The molecule has 0 aliphatic heterocycles. The van der Waals surface area contributed by atoms with Crippen LogP contribution in [0.2, 0.25) is 0 Å². The molecular weight excluding hydrogens is 198 g/mol. The monoisotopic (exact) mass is 205 g/mol. The minimum absolute atomic E-state index is 0.0986. The van der Waals surface area contributed by atoms with E-state index in [1.165, 1.54) is 4.90 Å². The van der Waals surface area contributed by atoms with Gasteiger partial charge in [0.15, 0.2) is 5.82 Å². The van der Waals surface area contributed by atoms with Crippen molar-refractivity contribution in [1.29, 1.82) is 0 Å². The molecule has 0 bridgehead atoms. The van der Waals surface area contributed by atoms with Gasteiger partial charge in [0.05, 0.1) is 6.54 Å². The first-order valence-electron chi connectivity index (χ1n) is 3.48. The number of aromatic amines is 1. The third-order valence-corrected chi connectivity index (χ3v) is 1.64. The lowest BCUT2D eigenvalue weighted by molar-refractivity contribution is -0.127. The zero-order valence-corrected chi connectivity index (χ0v) is 7.67. The van der Waals surface area contributed by atoms with E-state index in [2.05, 4.69) is 14.7 Å². The molecule has 72 valence electrons. The lowest BCUT2D eigenvalue weighted by Gasteiger charge is -2.12.